The molecule has 1 heterocycles. The van der Waals surface area contributed by atoms with Crippen molar-refractivity contribution in [3.63, 3.8) is 0 Å². The van der Waals surface area contributed by atoms with Crippen molar-refractivity contribution in [3.8, 4) is 0 Å². The lowest BCUT2D eigenvalue weighted by atomic mass is 9.97. The standard InChI is InChI=1S/C26H25N2O2P/c1-5-28-24-12-10-19(17(3)27-31-18(4)29)14-22(24)23-15-20(11-13-25(23)28)26(30)21-9-7-6-8-16(21)2/h6-15,31H,5H2,1-4H3. The largest absolute Gasteiger partial charge is 0.341 e. The quantitative estimate of drug-likeness (QED) is 0.205. The normalized spacial score (nSPS) is 12.3. The van der Waals surface area contributed by atoms with Crippen LogP contribution in [0.1, 0.15) is 47.8 Å². The van der Waals surface area contributed by atoms with E-state index in [2.05, 4.69) is 34.5 Å². The molecule has 3 aromatic carbocycles. The molecule has 1 unspecified atom stereocenters. The summed E-state index contributed by atoms with van der Waals surface area (Å²) in [5.74, 6) is 0.0361. The van der Waals surface area contributed by atoms with Gasteiger partial charge in [-0.15, -0.1) is 0 Å². The van der Waals surface area contributed by atoms with E-state index in [9.17, 15) is 9.59 Å². The molecule has 1 atom stereocenters. The number of carbonyl (C=O) groups is 2. The highest BCUT2D eigenvalue weighted by Gasteiger charge is 2.16. The third kappa shape index (κ3) is 3.96. The Balaban J connectivity index is 1.89. The average Bonchev–Trinajstić information content (AvgIpc) is 3.09. The van der Waals surface area contributed by atoms with Crippen LogP contribution in [0.3, 0.4) is 0 Å². The van der Waals surface area contributed by atoms with E-state index in [4.69, 9.17) is 0 Å². The van der Waals surface area contributed by atoms with Crippen LogP contribution in [0.25, 0.3) is 21.8 Å². The van der Waals surface area contributed by atoms with Crippen LogP contribution in [0.15, 0.2) is 65.4 Å². The zero-order valence-electron chi connectivity index (χ0n) is 18.2. The molecular formula is C26H25N2O2P. The Kier molecular flexibility index (Phi) is 5.84. The van der Waals surface area contributed by atoms with Crippen molar-refractivity contribution in [2.75, 3.05) is 0 Å². The van der Waals surface area contributed by atoms with Crippen molar-refractivity contribution in [3.05, 3.63) is 82.9 Å². The lowest BCUT2D eigenvalue weighted by molar-refractivity contribution is -0.109. The second kappa shape index (κ2) is 8.56. The van der Waals surface area contributed by atoms with E-state index < -0.39 is 0 Å². The van der Waals surface area contributed by atoms with Gasteiger partial charge in [-0.3, -0.25) is 14.4 Å². The summed E-state index contributed by atoms with van der Waals surface area (Å²) in [5.41, 5.74) is 6.54. The molecule has 0 N–H and O–H groups in total. The van der Waals surface area contributed by atoms with E-state index in [0.717, 1.165) is 50.8 Å². The van der Waals surface area contributed by atoms with Gasteiger partial charge in [0.2, 0.25) is 0 Å². The fourth-order valence-corrected chi connectivity index (χ4v) is 4.48. The van der Waals surface area contributed by atoms with E-state index >= 15 is 0 Å². The van der Waals surface area contributed by atoms with Crippen molar-refractivity contribution >= 4 is 47.6 Å². The Labute approximate surface area is 183 Å². The number of benzene rings is 3. The molecule has 0 saturated heterocycles. The Bertz CT molecular complexity index is 1360. The second-order valence-corrected chi connectivity index (χ2v) is 8.87. The van der Waals surface area contributed by atoms with Crippen LogP contribution < -0.4 is 0 Å². The van der Waals surface area contributed by atoms with Crippen molar-refractivity contribution in [1.29, 1.82) is 0 Å². The number of carbonyl (C=O) groups excluding carboxylic acids is 2. The molecule has 0 bridgehead atoms. The van der Waals surface area contributed by atoms with Gasteiger partial charge in [0.15, 0.2) is 11.3 Å². The van der Waals surface area contributed by atoms with Crippen LogP contribution in [0, 0.1) is 6.92 Å². The number of aryl methyl sites for hydroxylation is 2. The highest BCUT2D eigenvalue weighted by atomic mass is 31.1. The Hall–Kier alpha value is -3.10. The zero-order valence-corrected chi connectivity index (χ0v) is 19.2. The van der Waals surface area contributed by atoms with Crippen molar-refractivity contribution in [1.82, 2.24) is 4.57 Å². The molecule has 4 nitrogen and oxygen atoms in total. The van der Waals surface area contributed by atoms with Gasteiger partial charge in [-0.25, -0.2) is 0 Å². The highest BCUT2D eigenvalue weighted by molar-refractivity contribution is 7.56. The van der Waals surface area contributed by atoms with Crippen LogP contribution >= 0.6 is 8.73 Å². The predicted molar refractivity (Wildman–Crippen MR) is 131 cm³/mol. The SMILES string of the molecule is CCn1c2ccc(C(=O)c3ccccc3C)cc2c2cc(C(C)=NPC(C)=O)ccc21. The van der Waals surface area contributed by atoms with E-state index in [1.165, 1.54) is 0 Å². The van der Waals surface area contributed by atoms with E-state index in [1.54, 1.807) is 6.92 Å². The van der Waals surface area contributed by atoms with Gasteiger partial charge in [0, 0.05) is 52.1 Å². The smallest absolute Gasteiger partial charge is 0.193 e. The first-order valence-corrected chi connectivity index (χ1v) is 11.3. The lowest BCUT2D eigenvalue weighted by Gasteiger charge is -2.06. The highest BCUT2D eigenvalue weighted by Crippen LogP contribution is 2.32. The molecule has 0 aliphatic heterocycles. The summed E-state index contributed by atoms with van der Waals surface area (Å²) in [5, 5.41) is 2.15. The minimum Gasteiger partial charge on any atom is -0.341 e. The van der Waals surface area contributed by atoms with E-state index in [-0.39, 0.29) is 20.0 Å². The van der Waals surface area contributed by atoms with Crippen LogP contribution in [0.2, 0.25) is 0 Å². The molecule has 0 saturated carbocycles. The third-order valence-corrected chi connectivity index (χ3v) is 6.39. The Morgan fingerprint density at radius 1 is 0.903 bits per heavy atom. The van der Waals surface area contributed by atoms with Gasteiger partial charge in [0.1, 0.15) is 0 Å². The summed E-state index contributed by atoms with van der Waals surface area (Å²) in [6, 6.07) is 19.9. The maximum Gasteiger partial charge on any atom is 0.193 e. The Morgan fingerprint density at radius 2 is 1.52 bits per heavy atom. The summed E-state index contributed by atoms with van der Waals surface area (Å²) in [4.78, 5) is 24.5. The third-order valence-electron chi connectivity index (χ3n) is 5.63. The summed E-state index contributed by atoms with van der Waals surface area (Å²) < 4.78 is 6.70. The summed E-state index contributed by atoms with van der Waals surface area (Å²) in [6.45, 7) is 8.41. The van der Waals surface area contributed by atoms with E-state index in [0.29, 0.717) is 5.56 Å². The molecule has 1 aromatic heterocycles. The average molecular weight is 428 g/mol. The number of hydrogen-bond acceptors (Lipinski definition) is 3. The van der Waals surface area contributed by atoms with Gasteiger partial charge >= 0.3 is 0 Å². The second-order valence-electron chi connectivity index (χ2n) is 7.72. The monoisotopic (exact) mass is 428 g/mol. The molecule has 31 heavy (non-hydrogen) atoms. The van der Waals surface area contributed by atoms with Gasteiger partial charge in [-0.05, 0) is 62.2 Å². The molecule has 0 fully saturated rings. The minimum absolute atomic E-state index is 0.0361. The number of hydrogen-bond donors (Lipinski definition) is 0. The fourth-order valence-electron chi connectivity index (χ4n) is 4.02. The number of rotatable bonds is 6. The molecule has 0 spiro atoms. The van der Waals surface area contributed by atoms with Crippen molar-refractivity contribution < 1.29 is 9.59 Å². The molecule has 0 aliphatic carbocycles. The molecule has 0 aliphatic rings. The van der Waals surface area contributed by atoms with Gasteiger partial charge in [0.25, 0.3) is 0 Å². The topological polar surface area (TPSA) is 51.4 Å². The first kappa shape index (κ1) is 21.1. The Morgan fingerprint density at radius 3 is 2.13 bits per heavy atom. The maximum absolute atomic E-state index is 13.2. The molecule has 4 aromatic rings. The molecule has 4 rings (SSSR count). The van der Waals surface area contributed by atoms with Gasteiger partial charge in [0.05, 0.1) is 8.73 Å². The number of fused-ring (bicyclic) bond motifs is 3. The maximum atomic E-state index is 13.2. The number of ketones is 1. The molecule has 5 heteroatoms. The van der Waals surface area contributed by atoms with Crippen molar-refractivity contribution in [2.45, 2.75) is 34.2 Å². The fraction of sp³-hybridized carbons (Fsp3) is 0.192. The molecule has 0 radical (unpaired) electrons. The first-order chi connectivity index (χ1) is 14.9. The van der Waals surface area contributed by atoms with Crippen LogP contribution in [-0.2, 0) is 11.3 Å². The van der Waals surface area contributed by atoms with Crippen LogP contribution in [0.4, 0.5) is 0 Å². The minimum atomic E-state index is -0.0656. The van der Waals surface area contributed by atoms with Gasteiger partial charge in [-0.1, -0.05) is 30.3 Å². The lowest BCUT2D eigenvalue weighted by Crippen LogP contribution is -2.03. The zero-order chi connectivity index (χ0) is 22.1. The molecule has 0 amide bonds. The summed E-state index contributed by atoms with van der Waals surface area (Å²) in [7, 11) is -0.0656. The predicted octanol–water partition coefficient (Wildman–Crippen LogP) is 6.30. The van der Waals surface area contributed by atoms with E-state index in [1.807, 2.05) is 56.3 Å². The first-order valence-electron chi connectivity index (χ1n) is 10.4. The van der Waals surface area contributed by atoms with Crippen molar-refractivity contribution in [2.24, 2.45) is 4.76 Å². The van der Waals surface area contributed by atoms with Gasteiger partial charge < -0.3 is 4.57 Å². The van der Waals surface area contributed by atoms with Crippen LogP contribution in [-0.4, -0.2) is 21.6 Å². The molecule has 156 valence electrons. The van der Waals surface area contributed by atoms with Crippen LogP contribution in [0.5, 0.6) is 0 Å². The summed E-state index contributed by atoms with van der Waals surface area (Å²) >= 11 is 0. The van der Waals surface area contributed by atoms with Gasteiger partial charge in [-0.2, -0.15) is 0 Å². The number of aromatic nitrogens is 1. The molecular weight excluding hydrogens is 403 g/mol. The number of nitrogens with zero attached hydrogens (tertiary/aromatic N) is 2. The summed E-state index contributed by atoms with van der Waals surface area (Å²) in [6.07, 6.45) is 0.